The summed E-state index contributed by atoms with van der Waals surface area (Å²) < 4.78 is 5.66. The van der Waals surface area contributed by atoms with Crippen LogP contribution in [0.4, 0.5) is 0 Å². The molecule has 86 valence electrons. The molecular formula is C12H27NO. The quantitative estimate of drug-likeness (QED) is 0.652. The van der Waals surface area contributed by atoms with Crippen LogP contribution in [0.3, 0.4) is 0 Å². The Bertz CT molecular complexity index is 125. The summed E-state index contributed by atoms with van der Waals surface area (Å²) in [6, 6.07) is 0.516. The largest absolute Gasteiger partial charge is 0.377 e. The number of nitrogens with one attached hydrogen (secondary N) is 1. The number of hydrogen-bond acceptors (Lipinski definition) is 2. The zero-order valence-corrected chi connectivity index (χ0v) is 10.5. The van der Waals surface area contributed by atoms with Gasteiger partial charge in [0.15, 0.2) is 0 Å². The Morgan fingerprint density at radius 2 is 1.79 bits per heavy atom. The van der Waals surface area contributed by atoms with Gasteiger partial charge in [-0.25, -0.2) is 0 Å². The molecule has 0 aromatic rings. The molecule has 0 heterocycles. The first-order valence-electron chi connectivity index (χ1n) is 5.96. The number of hydrogen-bond donors (Lipinski definition) is 1. The highest BCUT2D eigenvalue weighted by Crippen LogP contribution is 2.11. The molecule has 0 fully saturated rings. The molecule has 0 aromatic heterocycles. The second-order valence-corrected chi connectivity index (χ2v) is 4.31. The molecule has 2 nitrogen and oxygen atoms in total. The highest BCUT2D eigenvalue weighted by Gasteiger charge is 2.15. The summed E-state index contributed by atoms with van der Waals surface area (Å²) in [5.74, 6) is 0.707. The van der Waals surface area contributed by atoms with Crippen molar-refractivity contribution in [2.45, 2.75) is 59.6 Å². The van der Waals surface area contributed by atoms with Crippen LogP contribution in [-0.2, 0) is 4.74 Å². The van der Waals surface area contributed by atoms with E-state index in [9.17, 15) is 0 Å². The van der Waals surface area contributed by atoms with E-state index in [-0.39, 0.29) is 0 Å². The van der Waals surface area contributed by atoms with Gasteiger partial charge >= 0.3 is 0 Å². The normalized spacial score (nSPS) is 15.9. The first-order valence-corrected chi connectivity index (χ1v) is 5.96. The molecule has 0 rings (SSSR count). The molecular weight excluding hydrogens is 174 g/mol. The Kier molecular flexibility index (Phi) is 8.20. The third kappa shape index (κ3) is 6.39. The van der Waals surface area contributed by atoms with Crippen molar-refractivity contribution in [3.63, 3.8) is 0 Å². The Morgan fingerprint density at radius 1 is 1.14 bits per heavy atom. The average Bonchev–Trinajstić information content (AvgIpc) is 2.12. The molecule has 0 aliphatic heterocycles. The van der Waals surface area contributed by atoms with Crippen molar-refractivity contribution in [2.24, 2.45) is 5.92 Å². The van der Waals surface area contributed by atoms with Gasteiger partial charge in [0.1, 0.15) is 0 Å². The lowest BCUT2D eigenvalue weighted by Gasteiger charge is -2.25. The zero-order chi connectivity index (χ0) is 11.0. The van der Waals surface area contributed by atoms with Gasteiger partial charge in [0.25, 0.3) is 0 Å². The van der Waals surface area contributed by atoms with Crippen molar-refractivity contribution in [2.75, 3.05) is 13.2 Å². The third-order valence-corrected chi connectivity index (χ3v) is 2.51. The van der Waals surface area contributed by atoms with Gasteiger partial charge in [-0.15, -0.1) is 0 Å². The van der Waals surface area contributed by atoms with Gasteiger partial charge in [-0.1, -0.05) is 27.2 Å². The van der Waals surface area contributed by atoms with Crippen LogP contribution in [0.25, 0.3) is 0 Å². The minimum atomic E-state index is 0.338. The lowest BCUT2D eigenvalue weighted by Crippen LogP contribution is -2.39. The van der Waals surface area contributed by atoms with Crippen LogP contribution < -0.4 is 5.32 Å². The van der Waals surface area contributed by atoms with Crippen LogP contribution in [0.2, 0.25) is 0 Å². The molecule has 0 saturated heterocycles. The predicted octanol–water partition coefficient (Wildman–Crippen LogP) is 2.83. The van der Waals surface area contributed by atoms with Gasteiger partial charge in [-0.3, -0.25) is 0 Å². The second kappa shape index (κ2) is 8.25. The maximum absolute atomic E-state index is 5.66. The highest BCUT2D eigenvalue weighted by atomic mass is 16.5. The number of rotatable bonds is 8. The van der Waals surface area contributed by atoms with E-state index in [4.69, 9.17) is 4.74 Å². The fourth-order valence-electron chi connectivity index (χ4n) is 1.64. The summed E-state index contributed by atoms with van der Waals surface area (Å²) in [4.78, 5) is 0. The van der Waals surface area contributed by atoms with Gasteiger partial charge in [-0.2, -0.15) is 0 Å². The van der Waals surface area contributed by atoms with Crippen molar-refractivity contribution in [3.8, 4) is 0 Å². The van der Waals surface area contributed by atoms with E-state index >= 15 is 0 Å². The minimum absolute atomic E-state index is 0.338. The summed E-state index contributed by atoms with van der Waals surface area (Å²) in [7, 11) is 0. The smallest absolute Gasteiger partial charge is 0.0625 e. The van der Waals surface area contributed by atoms with Crippen molar-refractivity contribution in [1.29, 1.82) is 0 Å². The molecule has 0 spiro atoms. The lowest BCUT2D eigenvalue weighted by atomic mass is 9.97. The van der Waals surface area contributed by atoms with E-state index in [2.05, 4.69) is 39.9 Å². The highest BCUT2D eigenvalue weighted by molar-refractivity contribution is 4.72. The molecule has 0 aliphatic carbocycles. The summed E-state index contributed by atoms with van der Waals surface area (Å²) in [6.07, 6.45) is 2.87. The Balaban J connectivity index is 3.86. The van der Waals surface area contributed by atoms with Gasteiger partial charge in [-0.05, 0) is 32.7 Å². The van der Waals surface area contributed by atoms with Crippen molar-refractivity contribution < 1.29 is 4.74 Å². The van der Waals surface area contributed by atoms with Crippen molar-refractivity contribution >= 4 is 0 Å². The third-order valence-electron chi connectivity index (χ3n) is 2.51. The van der Waals surface area contributed by atoms with E-state index in [0.717, 1.165) is 13.2 Å². The van der Waals surface area contributed by atoms with E-state index in [0.29, 0.717) is 18.1 Å². The van der Waals surface area contributed by atoms with Crippen LogP contribution in [0.15, 0.2) is 0 Å². The second-order valence-electron chi connectivity index (χ2n) is 4.31. The van der Waals surface area contributed by atoms with Crippen molar-refractivity contribution in [1.82, 2.24) is 5.32 Å². The SMILES string of the molecule is CCCC(C)C(COC(C)C)NCC. The first kappa shape index (κ1) is 13.9. The van der Waals surface area contributed by atoms with Gasteiger partial charge in [0.2, 0.25) is 0 Å². The number of ether oxygens (including phenoxy) is 1. The van der Waals surface area contributed by atoms with Crippen LogP contribution in [0.5, 0.6) is 0 Å². The topological polar surface area (TPSA) is 21.3 Å². The zero-order valence-electron chi connectivity index (χ0n) is 10.5. The maximum Gasteiger partial charge on any atom is 0.0625 e. The molecule has 0 saturated carbocycles. The number of likely N-dealkylation sites (N-methyl/N-ethyl adjacent to an activating group) is 1. The summed E-state index contributed by atoms with van der Waals surface area (Å²) in [5.41, 5.74) is 0. The van der Waals surface area contributed by atoms with Gasteiger partial charge < -0.3 is 10.1 Å². The molecule has 2 atom stereocenters. The Morgan fingerprint density at radius 3 is 2.21 bits per heavy atom. The standard InChI is InChI=1S/C12H27NO/c1-6-8-11(5)12(13-7-2)9-14-10(3)4/h10-13H,6-9H2,1-5H3. The maximum atomic E-state index is 5.66. The molecule has 0 radical (unpaired) electrons. The summed E-state index contributed by atoms with van der Waals surface area (Å²) >= 11 is 0. The van der Waals surface area contributed by atoms with Crippen molar-refractivity contribution in [3.05, 3.63) is 0 Å². The summed E-state index contributed by atoms with van der Waals surface area (Å²) in [5, 5.41) is 3.50. The van der Waals surface area contributed by atoms with Crippen LogP contribution in [0.1, 0.15) is 47.5 Å². The Hall–Kier alpha value is -0.0800. The van der Waals surface area contributed by atoms with Crippen LogP contribution >= 0.6 is 0 Å². The van der Waals surface area contributed by atoms with Gasteiger partial charge in [0, 0.05) is 6.04 Å². The molecule has 14 heavy (non-hydrogen) atoms. The monoisotopic (exact) mass is 201 g/mol. The molecule has 2 unspecified atom stereocenters. The van der Waals surface area contributed by atoms with Gasteiger partial charge in [0.05, 0.1) is 12.7 Å². The minimum Gasteiger partial charge on any atom is -0.377 e. The fourth-order valence-corrected chi connectivity index (χ4v) is 1.64. The van der Waals surface area contributed by atoms with Crippen LogP contribution in [-0.4, -0.2) is 25.3 Å². The molecule has 1 N–H and O–H groups in total. The fraction of sp³-hybridized carbons (Fsp3) is 1.00. The molecule has 2 heteroatoms. The summed E-state index contributed by atoms with van der Waals surface area (Å²) in [6.45, 7) is 12.7. The molecule has 0 aliphatic rings. The van der Waals surface area contributed by atoms with E-state index in [1.165, 1.54) is 12.8 Å². The van der Waals surface area contributed by atoms with Crippen LogP contribution in [0, 0.1) is 5.92 Å². The molecule has 0 aromatic carbocycles. The lowest BCUT2D eigenvalue weighted by molar-refractivity contribution is 0.0493. The van der Waals surface area contributed by atoms with E-state index in [1.807, 2.05) is 0 Å². The average molecular weight is 201 g/mol. The molecule has 0 bridgehead atoms. The first-order chi connectivity index (χ1) is 6.61. The van der Waals surface area contributed by atoms with E-state index < -0.39 is 0 Å². The Labute approximate surface area is 89.4 Å². The molecule has 0 amide bonds. The predicted molar refractivity (Wildman–Crippen MR) is 62.6 cm³/mol. The van der Waals surface area contributed by atoms with E-state index in [1.54, 1.807) is 0 Å².